The van der Waals surface area contributed by atoms with Gasteiger partial charge in [0.1, 0.15) is 17.5 Å². The third-order valence-electron chi connectivity index (χ3n) is 5.36. The Hall–Kier alpha value is -0.990. The fourth-order valence-corrected chi connectivity index (χ4v) is 4.00. The molecule has 0 unspecified atom stereocenters. The first-order valence-corrected chi connectivity index (χ1v) is 9.51. The number of allylic oxidation sites excluding steroid dienone is 2. The van der Waals surface area contributed by atoms with E-state index < -0.39 is 35.1 Å². The highest BCUT2D eigenvalue weighted by atomic mass is 79.9. The number of halogens is 1. The van der Waals surface area contributed by atoms with Gasteiger partial charge in [-0.2, -0.15) is 0 Å². The second kappa shape index (κ2) is 7.56. The summed E-state index contributed by atoms with van der Waals surface area (Å²) in [5.41, 5.74) is -2.77. The van der Waals surface area contributed by atoms with Crippen LogP contribution in [0.2, 0.25) is 0 Å². The fourth-order valence-electron chi connectivity index (χ4n) is 3.19. The maximum atomic E-state index is 12.3. The van der Waals surface area contributed by atoms with Crippen LogP contribution >= 0.6 is 15.9 Å². The maximum absolute atomic E-state index is 12.3. The number of rotatable bonds is 5. The van der Waals surface area contributed by atoms with Gasteiger partial charge in [-0.3, -0.25) is 4.79 Å². The summed E-state index contributed by atoms with van der Waals surface area (Å²) in [7, 11) is 0. The molecule has 0 saturated heterocycles. The van der Waals surface area contributed by atoms with Gasteiger partial charge in [0.05, 0.1) is 17.2 Å². The zero-order chi connectivity index (χ0) is 19.9. The van der Waals surface area contributed by atoms with E-state index in [1.807, 2.05) is 13.8 Å². The molecule has 4 N–H and O–H groups in total. The van der Waals surface area contributed by atoms with E-state index in [4.69, 9.17) is 4.74 Å². The summed E-state index contributed by atoms with van der Waals surface area (Å²) in [5.74, 6) is -0.811. The summed E-state index contributed by atoms with van der Waals surface area (Å²) in [6, 6.07) is 0. The van der Waals surface area contributed by atoms with Crippen molar-refractivity contribution in [2.75, 3.05) is 6.61 Å². The van der Waals surface area contributed by atoms with Crippen LogP contribution in [0, 0.1) is 11.8 Å². The van der Waals surface area contributed by atoms with Gasteiger partial charge < -0.3 is 25.2 Å². The van der Waals surface area contributed by atoms with Crippen molar-refractivity contribution < 1.29 is 30.0 Å². The quantitative estimate of drug-likeness (QED) is 0.527. The Morgan fingerprint density at radius 2 is 2.15 bits per heavy atom. The molecule has 0 saturated carbocycles. The molecule has 1 aliphatic carbocycles. The van der Waals surface area contributed by atoms with Crippen molar-refractivity contribution in [1.82, 2.24) is 0 Å². The molecule has 7 heteroatoms. The highest BCUT2D eigenvalue weighted by molar-refractivity contribution is 9.12. The van der Waals surface area contributed by atoms with Crippen LogP contribution < -0.4 is 0 Å². The number of aliphatic hydroxyl groups is 4. The molecule has 26 heavy (non-hydrogen) atoms. The van der Waals surface area contributed by atoms with E-state index >= 15 is 0 Å². The largest absolute Gasteiger partial charge is 0.493 e. The van der Waals surface area contributed by atoms with E-state index in [-0.39, 0.29) is 17.0 Å². The Balaban J connectivity index is 2.29. The standard InChI is InChI=1S/C19H27BrO6/c1-5-10(2)15(21)18(3,24)7-6-11-8-12-13(9-26-11)16(22)19(4,25)17(23)14(12)20/h6-8,10,13,15-16,21-22,24-25H,5,9H2,1-4H3/b7-6+/t10-,13+,15+,16+,18-,19+/m0/s1. The Labute approximate surface area is 162 Å². The lowest BCUT2D eigenvalue weighted by Crippen LogP contribution is -2.55. The van der Waals surface area contributed by atoms with E-state index in [1.54, 1.807) is 12.2 Å². The van der Waals surface area contributed by atoms with E-state index in [1.165, 1.54) is 19.9 Å². The molecule has 2 aliphatic rings. The summed E-state index contributed by atoms with van der Waals surface area (Å²) in [6.07, 6.45) is 3.12. The van der Waals surface area contributed by atoms with Crippen LogP contribution in [0.5, 0.6) is 0 Å². The molecule has 1 heterocycles. The first kappa shape index (κ1) is 21.3. The molecule has 2 rings (SSSR count). The average Bonchev–Trinajstić information content (AvgIpc) is 2.61. The van der Waals surface area contributed by atoms with Gasteiger partial charge in [-0.05, 0) is 59.5 Å². The van der Waals surface area contributed by atoms with Crippen LogP contribution in [0.25, 0.3) is 0 Å². The fraction of sp³-hybridized carbons (Fsp3) is 0.632. The molecule has 0 bridgehead atoms. The Morgan fingerprint density at radius 3 is 2.73 bits per heavy atom. The van der Waals surface area contributed by atoms with Crippen molar-refractivity contribution in [3.05, 3.63) is 34.0 Å². The molecule has 6 nitrogen and oxygen atoms in total. The summed E-state index contributed by atoms with van der Waals surface area (Å²) in [4.78, 5) is 12.3. The van der Waals surface area contributed by atoms with Crippen LogP contribution in [0.1, 0.15) is 34.1 Å². The van der Waals surface area contributed by atoms with Gasteiger partial charge in [0.25, 0.3) is 0 Å². The normalized spacial score (nSPS) is 34.0. The highest BCUT2D eigenvalue weighted by Gasteiger charge is 2.50. The number of ether oxygens (including phenoxy) is 1. The van der Waals surface area contributed by atoms with Crippen molar-refractivity contribution in [3.8, 4) is 0 Å². The maximum Gasteiger partial charge on any atom is 0.203 e. The third-order valence-corrected chi connectivity index (χ3v) is 6.18. The van der Waals surface area contributed by atoms with Gasteiger partial charge in [-0.15, -0.1) is 0 Å². The number of carbonyl (C=O) groups is 1. The van der Waals surface area contributed by atoms with Gasteiger partial charge >= 0.3 is 0 Å². The molecule has 0 aromatic carbocycles. The molecule has 146 valence electrons. The zero-order valence-electron chi connectivity index (χ0n) is 15.4. The second-order valence-electron chi connectivity index (χ2n) is 7.54. The first-order chi connectivity index (χ1) is 11.9. The number of ketones is 1. The summed E-state index contributed by atoms with van der Waals surface area (Å²) in [6.45, 7) is 6.68. The lowest BCUT2D eigenvalue weighted by atomic mass is 9.75. The number of Topliss-reactive ketones (excluding diaryl/α,β-unsaturated/α-hetero) is 1. The van der Waals surface area contributed by atoms with E-state index in [9.17, 15) is 25.2 Å². The minimum atomic E-state index is -1.87. The molecule has 6 atom stereocenters. The molecule has 0 amide bonds. The summed E-state index contributed by atoms with van der Waals surface area (Å²) in [5, 5.41) is 41.3. The van der Waals surface area contributed by atoms with Gasteiger partial charge in [-0.1, -0.05) is 20.3 Å². The van der Waals surface area contributed by atoms with Gasteiger partial charge in [0.15, 0.2) is 5.60 Å². The van der Waals surface area contributed by atoms with Crippen LogP contribution in [0.15, 0.2) is 34.0 Å². The minimum Gasteiger partial charge on any atom is -0.493 e. The van der Waals surface area contributed by atoms with Gasteiger partial charge in [0, 0.05) is 5.92 Å². The van der Waals surface area contributed by atoms with Crippen molar-refractivity contribution >= 4 is 21.7 Å². The van der Waals surface area contributed by atoms with Gasteiger partial charge in [-0.25, -0.2) is 0 Å². The number of fused-ring (bicyclic) bond motifs is 1. The average molecular weight is 431 g/mol. The molecule has 0 fully saturated rings. The van der Waals surface area contributed by atoms with E-state index in [2.05, 4.69) is 15.9 Å². The lowest BCUT2D eigenvalue weighted by Gasteiger charge is -2.40. The van der Waals surface area contributed by atoms with Crippen molar-refractivity contribution in [3.63, 3.8) is 0 Å². The lowest BCUT2D eigenvalue weighted by molar-refractivity contribution is -0.150. The highest BCUT2D eigenvalue weighted by Crippen LogP contribution is 2.40. The molecule has 1 aliphatic heterocycles. The van der Waals surface area contributed by atoms with E-state index in [0.717, 1.165) is 6.42 Å². The van der Waals surface area contributed by atoms with Crippen LogP contribution in [-0.2, 0) is 9.53 Å². The van der Waals surface area contributed by atoms with Crippen molar-refractivity contribution in [1.29, 1.82) is 0 Å². The topological polar surface area (TPSA) is 107 Å². The molecular weight excluding hydrogens is 404 g/mol. The monoisotopic (exact) mass is 430 g/mol. The number of hydrogen-bond acceptors (Lipinski definition) is 6. The summed E-state index contributed by atoms with van der Waals surface area (Å²) < 4.78 is 5.81. The van der Waals surface area contributed by atoms with Crippen molar-refractivity contribution in [2.24, 2.45) is 11.8 Å². The molecule has 0 radical (unpaired) electrons. The third kappa shape index (κ3) is 3.82. The molecule has 0 aromatic rings. The Kier molecular flexibility index (Phi) is 6.20. The predicted octanol–water partition coefficient (Wildman–Crippen LogP) is 1.57. The number of aliphatic hydroxyl groups excluding tert-OH is 2. The Bertz CT molecular complexity index is 661. The van der Waals surface area contributed by atoms with Crippen molar-refractivity contribution in [2.45, 2.75) is 57.5 Å². The first-order valence-electron chi connectivity index (χ1n) is 8.72. The number of hydrogen-bond donors (Lipinski definition) is 4. The zero-order valence-corrected chi connectivity index (χ0v) is 17.0. The molecular formula is C19H27BrO6. The van der Waals surface area contributed by atoms with Crippen LogP contribution in [0.4, 0.5) is 0 Å². The second-order valence-corrected chi connectivity index (χ2v) is 8.34. The smallest absolute Gasteiger partial charge is 0.203 e. The molecule has 0 spiro atoms. The van der Waals surface area contributed by atoms with E-state index in [0.29, 0.717) is 11.3 Å². The summed E-state index contributed by atoms with van der Waals surface area (Å²) >= 11 is 3.21. The van der Waals surface area contributed by atoms with Crippen LogP contribution in [-0.4, -0.2) is 56.2 Å². The minimum absolute atomic E-state index is 0.0783. The van der Waals surface area contributed by atoms with Crippen LogP contribution in [0.3, 0.4) is 0 Å². The Morgan fingerprint density at radius 1 is 1.54 bits per heavy atom. The van der Waals surface area contributed by atoms with Gasteiger partial charge in [0.2, 0.25) is 5.78 Å². The SMILES string of the molecule is CC[C@H](C)[C@@H](O)[C@@](C)(O)/C=C/C1=CC2=C(Br)C(=O)[C@](C)(O)[C@H](O)[C@@H]2CO1. The predicted molar refractivity (Wildman–Crippen MR) is 100 cm³/mol. The number of carbonyl (C=O) groups excluding carboxylic acids is 1. The molecule has 0 aromatic heterocycles.